The number of aliphatic carboxylic acids is 1. The second-order valence-corrected chi connectivity index (χ2v) is 8.03. The summed E-state index contributed by atoms with van der Waals surface area (Å²) in [7, 11) is 0. The van der Waals surface area contributed by atoms with Crippen molar-refractivity contribution in [2.75, 3.05) is 12.0 Å². The van der Waals surface area contributed by atoms with Gasteiger partial charge < -0.3 is 9.67 Å². The lowest BCUT2D eigenvalue weighted by atomic mass is 10.2. The van der Waals surface area contributed by atoms with E-state index < -0.39 is 5.97 Å². The fourth-order valence-corrected chi connectivity index (χ4v) is 3.09. The van der Waals surface area contributed by atoms with Gasteiger partial charge in [-0.25, -0.2) is 4.98 Å². The number of carbonyl (C=O) groups is 1. The molecule has 4 nitrogen and oxygen atoms in total. The number of thioether (sulfide) groups is 2. The van der Waals surface area contributed by atoms with Gasteiger partial charge >= 0.3 is 5.97 Å². The molecule has 1 aromatic heterocycles. The average Bonchev–Trinajstić information content (AvgIpc) is 2.76. The molecule has 0 unspecified atom stereocenters. The number of carboxylic acid groups (broad SMARTS) is 1. The number of hydrogen-bond donors (Lipinski definition) is 1. The van der Waals surface area contributed by atoms with Crippen molar-refractivity contribution < 1.29 is 9.90 Å². The van der Waals surface area contributed by atoms with E-state index in [4.69, 9.17) is 5.11 Å². The Kier molecular flexibility index (Phi) is 4.88. The van der Waals surface area contributed by atoms with Gasteiger partial charge in [0.05, 0.1) is 16.8 Å². The molecular formula is C15H20N2O2S2. The van der Waals surface area contributed by atoms with Crippen molar-refractivity contribution >= 4 is 40.5 Å². The number of carboxylic acids is 1. The zero-order chi connectivity index (χ0) is 15.6. The molecule has 0 saturated heterocycles. The van der Waals surface area contributed by atoms with Gasteiger partial charge in [0, 0.05) is 11.3 Å². The number of aromatic nitrogens is 2. The summed E-state index contributed by atoms with van der Waals surface area (Å²) < 4.78 is 2.21. The van der Waals surface area contributed by atoms with Crippen molar-refractivity contribution in [3.8, 4) is 0 Å². The molecule has 0 amide bonds. The highest BCUT2D eigenvalue weighted by molar-refractivity contribution is 8.00. The van der Waals surface area contributed by atoms with Crippen molar-refractivity contribution in [1.29, 1.82) is 0 Å². The predicted molar refractivity (Wildman–Crippen MR) is 90.4 cm³/mol. The van der Waals surface area contributed by atoms with Crippen LogP contribution in [0.25, 0.3) is 11.0 Å². The molecule has 0 atom stereocenters. The third-order valence-electron chi connectivity index (χ3n) is 3.36. The van der Waals surface area contributed by atoms with Gasteiger partial charge in [-0.2, -0.15) is 11.8 Å². The van der Waals surface area contributed by atoms with E-state index in [1.165, 1.54) is 11.8 Å². The van der Waals surface area contributed by atoms with Gasteiger partial charge in [0.2, 0.25) is 0 Å². The lowest BCUT2D eigenvalue weighted by Gasteiger charge is -2.24. The molecule has 0 aliphatic heterocycles. The molecule has 0 fully saturated rings. The lowest BCUT2D eigenvalue weighted by Crippen LogP contribution is -2.23. The van der Waals surface area contributed by atoms with Crippen LogP contribution >= 0.6 is 23.5 Å². The monoisotopic (exact) mass is 324 g/mol. The summed E-state index contributed by atoms with van der Waals surface area (Å²) in [5.41, 5.74) is 3.15. The van der Waals surface area contributed by atoms with Crippen LogP contribution in [-0.4, -0.2) is 37.4 Å². The topological polar surface area (TPSA) is 55.1 Å². The Morgan fingerprint density at radius 3 is 2.76 bits per heavy atom. The fourth-order valence-electron chi connectivity index (χ4n) is 2.10. The first-order chi connectivity index (χ1) is 9.84. The first-order valence-electron chi connectivity index (χ1n) is 6.69. The molecule has 2 aromatic rings. The predicted octanol–water partition coefficient (Wildman–Crippen LogP) is 3.66. The van der Waals surface area contributed by atoms with Crippen LogP contribution in [0.2, 0.25) is 0 Å². The van der Waals surface area contributed by atoms with E-state index in [0.717, 1.165) is 28.3 Å². The van der Waals surface area contributed by atoms with Crippen molar-refractivity contribution in [3.05, 3.63) is 23.8 Å². The van der Waals surface area contributed by atoms with Crippen molar-refractivity contribution in [3.63, 3.8) is 0 Å². The zero-order valence-electron chi connectivity index (χ0n) is 12.7. The first kappa shape index (κ1) is 16.2. The van der Waals surface area contributed by atoms with Gasteiger partial charge in [-0.15, -0.1) is 0 Å². The van der Waals surface area contributed by atoms with Crippen LogP contribution in [0.3, 0.4) is 0 Å². The highest BCUT2D eigenvalue weighted by atomic mass is 32.2. The number of para-hydroxylation sites is 1. The molecule has 1 N–H and O–H groups in total. The van der Waals surface area contributed by atoms with E-state index in [0.29, 0.717) is 0 Å². The van der Waals surface area contributed by atoms with E-state index in [1.807, 2.05) is 19.1 Å². The van der Waals surface area contributed by atoms with Crippen molar-refractivity contribution in [2.24, 2.45) is 0 Å². The molecular weight excluding hydrogens is 304 g/mol. The molecule has 0 aliphatic carbocycles. The molecule has 0 bridgehead atoms. The molecule has 0 radical (unpaired) electrons. The Morgan fingerprint density at radius 2 is 2.14 bits per heavy atom. The number of benzene rings is 1. The van der Waals surface area contributed by atoms with Gasteiger partial charge in [-0.05, 0) is 38.7 Å². The van der Waals surface area contributed by atoms with Crippen LogP contribution in [0, 0.1) is 6.92 Å². The summed E-state index contributed by atoms with van der Waals surface area (Å²) in [6, 6.07) is 6.11. The highest BCUT2D eigenvalue weighted by Crippen LogP contribution is 2.31. The average molecular weight is 324 g/mol. The molecule has 6 heteroatoms. The second kappa shape index (κ2) is 6.32. The Bertz CT molecular complexity index is 665. The first-order valence-corrected chi connectivity index (χ1v) is 8.91. The third-order valence-corrected chi connectivity index (χ3v) is 5.56. The van der Waals surface area contributed by atoms with E-state index in [-0.39, 0.29) is 10.5 Å². The minimum absolute atomic E-state index is 0.0298. The summed E-state index contributed by atoms with van der Waals surface area (Å²) >= 11 is 3.08. The van der Waals surface area contributed by atoms with Crippen LogP contribution in [0.5, 0.6) is 0 Å². The molecule has 0 aliphatic rings. The van der Waals surface area contributed by atoms with Crippen LogP contribution in [-0.2, 0) is 11.3 Å². The Balaban J connectivity index is 2.49. The van der Waals surface area contributed by atoms with Crippen LogP contribution < -0.4 is 0 Å². The summed E-state index contributed by atoms with van der Waals surface area (Å²) in [5.74, 6) is -0.790. The standard InChI is InChI=1S/C15H20N2O2S2/c1-10-6-5-7-11-13(10)16-14(21-8-12(18)19)17(11)9-15(2,3)20-4/h5-7H,8-9H2,1-4H3,(H,18,19). The SMILES string of the molecule is CSC(C)(C)Cn1c(SCC(=O)O)nc2c(C)cccc21. The van der Waals surface area contributed by atoms with Gasteiger partial charge in [0.1, 0.15) is 0 Å². The molecule has 1 aromatic carbocycles. The van der Waals surface area contributed by atoms with Crippen molar-refractivity contribution in [1.82, 2.24) is 9.55 Å². The molecule has 114 valence electrons. The Hall–Kier alpha value is -1.14. The molecule has 1 heterocycles. The van der Waals surface area contributed by atoms with Crippen LogP contribution in [0.1, 0.15) is 19.4 Å². The largest absolute Gasteiger partial charge is 0.481 e. The fraction of sp³-hybridized carbons (Fsp3) is 0.467. The number of imidazole rings is 1. The van der Waals surface area contributed by atoms with Crippen LogP contribution in [0.4, 0.5) is 0 Å². The maximum atomic E-state index is 10.8. The molecule has 0 spiro atoms. The van der Waals surface area contributed by atoms with Gasteiger partial charge in [-0.3, -0.25) is 4.79 Å². The molecule has 0 saturated carbocycles. The highest BCUT2D eigenvalue weighted by Gasteiger charge is 2.22. The zero-order valence-corrected chi connectivity index (χ0v) is 14.3. The number of rotatable bonds is 6. The smallest absolute Gasteiger partial charge is 0.313 e. The van der Waals surface area contributed by atoms with Gasteiger partial charge in [-0.1, -0.05) is 23.9 Å². The summed E-state index contributed by atoms with van der Waals surface area (Å²) in [6.07, 6.45) is 2.09. The summed E-state index contributed by atoms with van der Waals surface area (Å²) in [5, 5.41) is 9.69. The minimum atomic E-state index is -0.820. The summed E-state index contributed by atoms with van der Waals surface area (Å²) in [4.78, 5) is 15.5. The van der Waals surface area contributed by atoms with Crippen LogP contribution in [0.15, 0.2) is 23.4 Å². The number of nitrogens with zero attached hydrogens (tertiary/aromatic N) is 2. The van der Waals surface area contributed by atoms with E-state index in [1.54, 1.807) is 11.8 Å². The Morgan fingerprint density at radius 1 is 1.43 bits per heavy atom. The van der Waals surface area contributed by atoms with E-state index >= 15 is 0 Å². The normalized spacial score (nSPS) is 12.0. The molecule has 21 heavy (non-hydrogen) atoms. The molecule has 2 rings (SSSR count). The maximum absolute atomic E-state index is 10.8. The van der Waals surface area contributed by atoms with E-state index in [2.05, 4.69) is 35.7 Å². The number of hydrogen-bond acceptors (Lipinski definition) is 4. The summed E-state index contributed by atoms with van der Waals surface area (Å²) in [6.45, 7) is 7.21. The number of fused-ring (bicyclic) bond motifs is 1. The number of aryl methyl sites for hydroxylation is 1. The van der Waals surface area contributed by atoms with E-state index in [9.17, 15) is 4.79 Å². The minimum Gasteiger partial charge on any atom is -0.481 e. The second-order valence-electron chi connectivity index (χ2n) is 5.57. The van der Waals surface area contributed by atoms with Gasteiger partial charge in [0.25, 0.3) is 0 Å². The Labute approximate surface area is 133 Å². The van der Waals surface area contributed by atoms with Gasteiger partial charge in [0.15, 0.2) is 5.16 Å². The third kappa shape index (κ3) is 3.74. The quantitative estimate of drug-likeness (QED) is 0.822. The lowest BCUT2D eigenvalue weighted by molar-refractivity contribution is -0.133. The van der Waals surface area contributed by atoms with Crippen molar-refractivity contribution in [2.45, 2.75) is 37.2 Å². The maximum Gasteiger partial charge on any atom is 0.313 e.